The number of carbonyl (C=O) groups excluding carboxylic acids is 2. The van der Waals surface area contributed by atoms with E-state index in [0.29, 0.717) is 17.7 Å². The molecule has 0 aliphatic carbocycles. The summed E-state index contributed by atoms with van der Waals surface area (Å²) < 4.78 is 18.5. The zero-order valence-electron chi connectivity index (χ0n) is 16.9. The zero-order chi connectivity index (χ0) is 21.1. The molecule has 0 unspecified atom stereocenters. The van der Waals surface area contributed by atoms with E-state index in [1.165, 1.54) is 24.3 Å². The monoisotopic (exact) mass is 406 g/mol. The Kier molecular flexibility index (Phi) is 5.86. The average molecular weight is 406 g/mol. The third kappa shape index (κ3) is 4.09. The van der Waals surface area contributed by atoms with Crippen molar-refractivity contribution in [3.8, 4) is 0 Å². The van der Waals surface area contributed by atoms with Crippen molar-refractivity contribution in [2.45, 2.75) is 26.3 Å². The van der Waals surface area contributed by atoms with Crippen LogP contribution in [0.3, 0.4) is 0 Å². The van der Waals surface area contributed by atoms with Crippen molar-refractivity contribution in [3.63, 3.8) is 0 Å². The number of esters is 1. The van der Waals surface area contributed by atoms with Gasteiger partial charge in [-0.3, -0.25) is 14.7 Å². The van der Waals surface area contributed by atoms with Crippen molar-refractivity contribution in [1.29, 1.82) is 0 Å². The predicted octanol–water partition coefficient (Wildman–Crippen LogP) is 4.18. The van der Waals surface area contributed by atoms with Gasteiger partial charge in [-0.2, -0.15) is 0 Å². The molecule has 1 aromatic heterocycles. The number of benzene rings is 2. The predicted molar refractivity (Wildman–Crippen MR) is 112 cm³/mol. The van der Waals surface area contributed by atoms with E-state index in [1.54, 1.807) is 0 Å². The van der Waals surface area contributed by atoms with E-state index in [4.69, 9.17) is 9.72 Å². The summed E-state index contributed by atoms with van der Waals surface area (Å²) in [6, 6.07) is 12.7. The summed E-state index contributed by atoms with van der Waals surface area (Å²) in [5.74, 6) is -1.32. The molecule has 2 aromatic carbocycles. The molecule has 6 heteroatoms. The first-order valence-corrected chi connectivity index (χ1v) is 10.2. The van der Waals surface area contributed by atoms with E-state index >= 15 is 0 Å². The molecule has 0 spiro atoms. The summed E-state index contributed by atoms with van der Waals surface area (Å²) in [6.45, 7) is 4.23. The second-order valence-electron chi connectivity index (χ2n) is 7.46. The van der Waals surface area contributed by atoms with Gasteiger partial charge in [0.2, 0.25) is 0 Å². The number of hydrogen-bond donors (Lipinski definition) is 0. The minimum Gasteiger partial charge on any atom is -0.454 e. The molecule has 4 rings (SSSR count). The number of ether oxygens (including phenoxy) is 1. The van der Waals surface area contributed by atoms with Gasteiger partial charge in [0.1, 0.15) is 5.82 Å². The van der Waals surface area contributed by atoms with Gasteiger partial charge in [-0.25, -0.2) is 9.18 Å². The van der Waals surface area contributed by atoms with Crippen LogP contribution < -0.4 is 0 Å². The lowest BCUT2D eigenvalue weighted by molar-refractivity contribution is 0.0474. The van der Waals surface area contributed by atoms with Gasteiger partial charge in [0.25, 0.3) is 0 Å². The molecule has 0 saturated carbocycles. The first-order chi connectivity index (χ1) is 14.6. The Morgan fingerprint density at radius 2 is 1.90 bits per heavy atom. The largest absolute Gasteiger partial charge is 0.454 e. The second kappa shape index (κ2) is 8.71. The minimum absolute atomic E-state index is 0.305. The lowest BCUT2D eigenvalue weighted by atomic mass is 9.95. The fourth-order valence-electron chi connectivity index (χ4n) is 3.91. The summed E-state index contributed by atoms with van der Waals surface area (Å²) in [6.07, 6.45) is 1.80. The first kappa shape index (κ1) is 20.2. The number of nitrogens with zero attached hydrogens (tertiary/aromatic N) is 2. The Hall–Kier alpha value is -3.12. The fraction of sp³-hybridized carbons (Fsp3) is 0.292. The number of fused-ring (bicyclic) bond motifs is 2. The maximum absolute atomic E-state index is 13.1. The average Bonchev–Trinajstić information content (AvgIpc) is 2.76. The van der Waals surface area contributed by atoms with Crippen LogP contribution in [-0.2, 0) is 17.7 Å². The summed E-state index contributed by atoms with van der Waals surface area (Å²) >= 11 is 0. The number of carbonyl (C=O) groups is 2. The van der Waals surface area contributed by atoms with Gasteiger partial charge in [-0.05, 0) is 43.3 Å². The quantitative estimate of drug-likeness (QED) is 0.454. The van der Waals surface area contributed by atoms with Gasteiger partial charge in [0.15, 0.2) is 12.4 Å². The highest BCUT2D eigenvalue weighted by molar-refractivity contribution is 6.06. The van der Waals surface area contributed by atoms with Gasteiger partial charge < -0.3 is 4.74 Å². The third-order valence-electron chi connectivity index (χ3n) is 5.37. The van der Waals surface area contributed by atoms with Crippen molar-refractivity contribution in [3.05, 3.63) is 76.7 Å². The molecule has 30 heavy (non-hydrogen) atoms. The molecule has 1 aliphatic heterocycles. The number of halogens is 1. The normalized spacial score (nSPS) is 13.8. The van der Waals surface area contributed by atoms with E-state index in [-0.39, 0.29) is 5.78 Å². The highest BCUT2D eigenvalue weighted by Crippen LogP contribution is 2.29. The molecule has 0 radical (unpaired) electrons. The highest BCUT2D eigenvalue weighted by Gasteiger charge is 2.26. The van der Waals surface area contributed by atoms with Crippen LogP contribution in [0.5, 0.6) is 0 Å². The summed E-state index contributed by atoms with van der Waals surface area (Å²) in [5.41, 5.74) is 3.34. The second-order valence-corrected chi connectivity index (χ2v) is 7.46. The van der Waals surface area contributed by atoms with Crippen LogP contribution in [0.15, 0.2) is 48.5 Å². The van der Waals surface area contributed by atoms with Crippen molar-refractivity contribution in [1.82, 2.24) is 9.88 Å². The SMILES string of the molecule is CCCN1CCc2nc3ccccc3c(C(=O)OCC(=O)c3ccc(F)cc3)c2C1. The molecule has 154 valence electrons. The lowest BCUT2D eigenvalue weighted by Crippen LogP contribution is -2.33. The highest BCUT2D eigenvalue weighted by atomic mass is 19.1. The van der Waals surface area contributed by atoms with E-state index in [1.807, 2.05) is 24.3 Å². The van der Waals surface area contributed by atoms with Crippen molar-refractivity contribution in [2.75, 3.05) is 19.7 Å². The molecule has 5 nitrogen and oxygen atoms in total. The zero-order valence-corrected chi connectivity index (χ0v) is 16.9. The van der Waals surface area contributed by atoms with Crippen molar-refractivity contribution < 1.29 is 18.7 Å². The van der Waals surface area contributed by atoms with E-state index < -0.39 is 18.4 Å². The molecule has 1 aliphatic rings. The molecule has 0 atom stereocenters. The number of pyridine rings is 1. The van der Waals surface area contributed by atoms with Crippen LogP contribution in [0.1, 0.15) is 45.3 Å². The van der Waals surface area contributed by atoms with Gasteiger partial charge >= 0.3 is 5.97 Å². The molecule has 2 heterocycles. The Balaban J connectivity index is 1.63. The van der Waals surface area contributed by atoms with Crippen LogP contribution in [0, 0.1) is 5.82 Å². The Bertz CT molecular complexity index is 1100. The molecular formula is C24H23FN2O3. The van der Waals surface area contributed by atoms with Gasteiger partial charge in [0, 0.05) is 41.7 Å². The lowest BCUT2D eigenvalue weighted by Gasteiger charge is -2.29. The topological polar surface area (TPSA) is 59.5 Å². The van der Waals surface area contributed by atoms with E-state index in [9.17, 15) is 14.0 Å². The van der Waals surface area contributed by atoms with Crippen LogP contribution in [-0.4, -0.2) is 41.3 Å². The van der Waals surface area contributed by atoms with E-state index in [0.717, 1.165) is 48.1 Å². The summed E-state index contributed by atoms with van der Waals surface area (Å²) in [7, 11) is 0. The molecule has 0 fully saturated rings. The van der Waals surface area contributed by atoms with Gasteiger partial charge in [-0.15, -0.1) is 0 Å². The first-order valence-electron chi connectivity index (χ1n) is 10.2. The molecular weight excluding hydrogens is 383 g/mol. The van der Waals surface area contributed by atoms with Crippen molar-refractivity contribution >= 4 is 22.7 Å². The molecule has 0 amide bonds. The molecule has 0 saturated heterocycles. The van der Waals surface area contributed by atoms with Crippen LogP contribution in [0.4, 0.5) is 4.39 Å². The Labute approximate surface area is 174 Å². The van der Waals surface area contributed by atoms with Crippen LogP contribution in [0.2, 0.25) is 0 Å². The Morgan fingerprint density at radius 3 is 2.67 bits per heavy atom. The molecule has 3 aromatic rings. The smallest absolute Gasteiger partial charge is 0.339 e. The van der Waals surface area contributed by atoms with Crippen LogP contribution >= 0.6 is 0 Å². The number of Topliss-reactive ketones (excluding diaryl/α,β-unsaturated/α-hetero) is 1. The number of ketones is 1. The number of para-hydroxylation sites is 1. The number of rotatable bonds is 6. The van der Waals surface area contributed by atoms with Gasteiger partial charge in [0.05, 0.1) is 11.1 Å². The Morgan fingerprint density at radius 1 is 1.13 bits per heavy atom. The summed E-state index contributed by atoms with van der Waals surface area (Å²) in [5, 5.41) is 0.730. The molecule has 0 N–H and O–H groups in total. The molecule has 0 bridgehead atoms. The number of hydrogen-bond acceptors (Lipinski definition) is 5. The summed E-state index contributed by atoms with van der Waals surface area (Å²) in [4.78, 5) is 32.5. The number of aromatic nitrogens is 1. The van der Waals surface area contributed by atoms with Gasteiger partial charge in [-0.1, -0.05) is 25.1 Å². The fourth-order valence-corrected chi connectivity index (χ4v) is 3.91. The minimum atomic E-state index is -0.529. The third-order valence-corrected chi connectivity index (χ3v) is 5.37. The van der Waals surface area contributed by atoms with Crippen molar-refractivity contribution in [2.24, 2.45) is 0 Å². The maximum atomic E-state index is 13.1. The maximum Gasteiger partial charge on any atom is 0.339 e. The van der Waals surface area contributed by atoms with E-state index in [2.05, 4.69) is 11.8 Å². The standard InChI is InChI=1S/C24H23FN2O3/c1-2-12-27-13-11-21-19(14-27)23(18-5-3-4-6-20(18)26-21)24(29)30-15-22(28)16-7-9-17(25)10-8-16/h3-10H,2,11-15H2,1H3. The van der Waals surface area contributed by atoms with Crippen LogP contribution in [0.25, 0.3) is 10.9 Å².